The maximum atomic E-state index is 9.55. The normalized spacial score (nSPS) is 15.1. The lowest BCUT2D eigenvalue weighted by atomic mass is 10.00. The van der Waals surface area contributed by atoms with Gasteiger partial charge in [0.15, 0.2) is 0 Å². The number of aliphatic hydroxyl groups excluding tert-OH is 1. The maximum absolute atomic E-state index is 9.55. The first kappa shape index (κ1) is 8.82. The van der Waals surface area contributed by atoms with Crippen molar-refractivity contribution in [3.63, 3.8) is 0 Å². The summed E-state index contributed by atoms with van der Waals surface area (Å²) < 4.78 is 4.98. The Balaban J connectivity index is 2.71. The van der Waals surface area contributed by atoms with E-state index in [2.05, 4.69) is 0 Å². The first-order chi connectivity index (χ1) is 5.79. The molecular weight excluding hydrogens is 154 g/mol. The highest BCUT2D eigenvalue weighted by molar-refractivity contribution is 5.06. The molecule has 3 nitrogen and oxygen atoms in total. The molecule has 0 saturated carbocycles. The average Bonchev–Trinajstić information content (AvgIpc) is 2.58. The van der Waals surface area contributed by atoms with Gasteiger partial charge in [0.05, 0.1) is 18.3 Å². The predicted molar refractivity (Wildman–Crippen MR) is 43.1 cm³/mol. The molecule has 0 radical (unpaired) electrons. The van der Waals surface area contributed by atoms with Gasteiger partial charge in [0.1, 0.15) is 11.9 Å². The molecule has 0 fully saturated rings. The van der Waals surface area contributed by atoms with Crippen LogP contribution in [0.25, 0.3) is 0 Å². The topological polar surface area (TPSA) is 57.2 Å². The van der Waals surface area contributed by atoms with Gasteiger partial charge in [0.2, 0.25) is 0 Å². The quantitative estimate of drug-likeness (QED) is 0.743. The van der Waals surface area contributed by atoms with Gasteiger partial charge in [-0.15, -0.1) is 0 Å². The van der Waals surface area contributed by atoms with Crippen molar-refractivity contribution < 1.29 is 9.52 Å². The fourth-order valence-corrected chi connectivity index (χ4v) is 1.04. The maximum Gasteiger partial charge on any atom is 0.133 e. The zero-order valence-electron chi connectivity index (χ0n) is 6.90. The van der Waals surface area contributed by atoms with Crippen LogP contribution in [0.1, 0.15) is 25.2 Å². The van der Waals surface area contributed by atoms with Crippen LogP contribution in [0.5, 0.6) is 0 Å². The van der Waals surface area contributed by atoms with E-state index in [9.17, 15) is 5.11 Å². The molecule has 12 heavy (non-hydrogen) atoms. The van der Waals surface area contributed by atoms with Crippen molar-refractivity contribution >= 4 is 0 Å². The van der Waals surface area contributed by atoms with E-state index in [4.69, 9.17) is 9.68 Å². The Bertz CT molecular complexity index is 261. The summed E-state index contributed by atoms with van der Waals surface area (Å²) in [4.78, 5) is 0. The molecule has 1 heterocycles. The molecule has 0 aliphatic rings. The Labute approximate surface area is 71.2 Å². The zero-order valence-corrected chi connectivity index (χ0v) is 6.90. The molecule has 1 aromatic rings. The van der Waals surface area contributed by atoms with Crippen LogP contribution in [0.2, 0.25) is 0 Å². The standard InChI is InChI=1S/C9H11NO2/c1-2-7(6-10)9(11)8-4-3-5-12-8/h3-5,7,9,11H,2H2,1H3. The molecule has 1 rings (SSSR count). The van der Waals surface area contributed by atoms with Gasteiger partial charge in [-0.1, -0.05) is 6.92 Å². The minimum atomic E-state index is -0.796. The third-order valence-corrected chi connectivity index (χ3v) is 1.82. The molecule has 1 N–H and O–H groups in total. The summed E-state index contributed by atoms with van der Waals surface area (Å²) in [6.45, 7) is 1.86. The highest BCUT2D eigenvalue weighted by Gasteiger charge is 2.20. The van der Waals surface area contributed by atoms with Gasteiger partial charge in [-0.3, -0.25) is 0 Å². The van der Waals surface area contributed by atoms with Crippen LogP contribution in [0.15, 0.2) is 22.8 Å². The number of aliphatic hydroxyl groups is 1. The molecule has 3 heteroatoms. The van der Waals surface area contributed by atoms with E-state index in [0.29, 0.717) is 12.2 Å². The first-order valence-electron chi connectivity index (χ1n) is 3.90. The molecule has 0 amide bonds. The Morgan fingerprint density at radius 3 is 2.92 bits per heavy atom. The molecular formula is C9H11NO2. The molecule has 0 bridgehead atoms. The molecule has 0 aliphatic heterocycles. The van der Waals surface area contributed by atoms with E-state index in [1.807, 2.05) is 13.0 Å². The van der Waals surface area contributed by atoms with E-state index >= 15 is 0 Å². The van der Waals surface area contributed by atoms with Crippen molar-refractivity contribution in [1.82, 2.24) is 0 Å². The molecule has 2 unspecified atom stereocenters. The van der Waals surface area contributed by atoms with E-state index in [0.717, 1.165) is 0 Å². The van der Waals surface area contributed by atoms with E-state index in [1.54, 1.807) is 12.1 Å². The third kappa shape index (κ3) is 1.66. The monoisotopic (exact) mass is 165 g/mol. The van der Waals surface area contributed by atoms with E-state index in [-0.39, 0.29) is 5.92 Å². The minimum Gasteiger partial charge on any atom is -0.467 e. The summed E-state index contributed by atoms with van der Waals surface area (Å²) in [5.41, 5.74) is 0. The lowest BCUT2D eigenvalue weighted by molar-refractivity contribution is 0.108. The summed E-state index contributed by atoms with van der Waals surface area (Å²) in [6.07, 6.45) is 1.32. The second-order valence-corrected chi connectivity index (χ2v) is 2.60. The predicted octanol–water partition coefficient (Wildman–Crippen LogP) is 1.86. The number of rotatable bonds is 3. The van der Waals surface area contributed by atoms with Crippen LogP contribution in [-0.2, 0) is 0 Å². The van der Waals surface area contributed by atoms with Crippen LogP contribution < -0.4 is 0 Å². The average molecular weight is 165 g/mol. The minimum absolute atomic E-state index is 0.379. The molecule has 0 aliphatic carbocycles. The summed E-state index contributed by atoms with van der Waals surface area (Å²) in [7, 11) is 0. The van der Waals surface area contributed by atoms with Crippen LogP contribution in [-0.4, -0.2) is 5.11 Å². The van der Waals surface area contributed by atoms with Crippen LogP contribution in [0, 0.1) is 17.2 Å². The lowest BCUT2D eigenvalue weighted by Gasteiger charge is -2.11. The summed E-state index contributed by atoms with van der Waals surface area (Å²) >= 11 is 0. The van der Waals surface area contributed by atoms with Crippen molar-refractivity contribution in [2.75, 3.05) is 0 Å². The van der Waals surface area contributed by atoms with Crippen LogP contribution in [0.3, 0.4) is 0 Å². The summed E-state index contributed by atoms with van der Waals surface area (Å²) in [5.74, 6) is 0.0829. The summed E-state index contributed by atoms with van der Waals surface area (Å²) in [6, 6.07) is 5.40. The Morgan fingerprint density at radius 2 is 2.50 bits per heavy atom. The van der Waals surface area contributed by atoms with Gasteiger partial charge in [0.25, 0.3) is 0 Å². The van der Waals surface area contributed by atoms with Crippen molar-refractivity contribution in [2.24, 2.45) is 5.92 Å². The number of nitrogens with zero attached hydrogens (tertiary/aromatic N) is 1. The first-order valence-corrected chi connectivity index (χ1v) is 3.90. The Morgan fingerprint density at radius 1 is 1.75 bits per heavy atom. The molecule has 0 saturated heterocycles. The lowest BCUT2D eigenvalue weighted by Crippen LogP contribution is -2.08. The van der Waals surface area contributed by atoms with Gasteiger partial charge < -0.3 is 9.52 Å². The fraction of sp³-hybridized carbons (Fsp3) is 0.444. The second kappa shape index (κ2) is 3.93. The third-order valence-electron chi connectivity index (χ3n) is 1.82. The second-order valence-electron chi connectivity index (χ2n) is 2.60. The van der Waals surface area contributed by atoms with Gasteiger partial charge in [0, 0.05) is 0 Å². The number of nitriles is 1. The van der Waals surface area contributed by atoms with E-state index < -0.39 is 6.10 Å². The van der Waals surface area contributed by atoms with Gasteiger partial charge in [-0.25, -0.2) is 0 Å². The molecule has 64 valence electrons. The zero-order chi connectivity index (χ0) is 8.97. The number of hydrogen-bond donors (Lipinski definition) is 1. The number of furan rings is 1. The van der Waals surface area contributed by atoms with Crippen LogP contribution in [0.4, 0.5) is 0 Å². The molecule has 0 spiro atoms. The molecule has 0 aromatic carbocycles. The summed E-state index contributed by atoms with van der Waals surface area (Å²) in [5, 5.41) is 18.2. The van der Waals surface area contributed by atoms with Crippen molar-refractivity contribution in [3.05, 3.63) is 24.2 Å². The van der Waals surface area contributed by atoms with E-state index in [1.165, 1.54) is 6.26 Å². The Kier molecular flexibility index (Phi) is 2.89. The fourth-order valence-electron chi connectivity index (χ4n) is 1.04. The van der Waals surface area contributed by atoms with Gasteiger partial charge >= 0.3 is 0 Å². The largest absolute Gasteiger partial charge is 0.467 e. The Hall–Kier alpha value is -1.27. The smallest absolute Gasteiger partial charge is 0.133 e. The van der Waals surface area contributed by atoms with Gasteiger partial charge in [-0.05, 0) is 18.6 Å². The SMILES string of the molecule is CCC(C#N)C(O)c1ccco1. The van der Waals surface area contributed by atoms with Gasteiger partial charge in [-0.2, -0.15) is 5.26 Å². The highest BCUT2D eigenvalue weighted by atomic mass is 16.4. The molecule has 1 aromatic heterocycles. The molecule has 2 atom stereocenters. The van der Waals surface area contributed by atoms with Crippen molar-refractivity contribution in [1.29, 1.82) is 5.26 Å². The number of hydrogen-bond acceptors (Lipinski definition) is 3. The van der Waals surface area contributed by atoms with Crippen molar-refractivity contribution in [3.8, 4) is 6.07 Å². The van der Waals surface area contributed by atoms with Crippen molar-refractivity contribution in [2.45, 2.75) is 19.4 Å². The highest BCUT2D eigenvalue weighted by Crippen LogP contribution is 2.23. The van der Waals surface area contributed by atoms with Crippen LogP contribution >= 0.6 is 0 Å².